The number of aliphatic imine (C=N–C) groups is 1. The molecule has 1 heterocycles. The van der Waals surface area contributed by atoms with Crippen molar-refractivity contribution in [2.24, 2.45) is 10.9 Å². The monoisotopic (exact) mass is 516 g/mol. The second-order valence-corrected chi connectivity index (χ2v) is 7.99. The number of benzene rings is 1. The van der Waals surface area contributed by atoms with E-state index in [2.05, 4.69) is 53.7 Å². The highest BCUT2D eigenvalue weighted by molar-refractivity contribution is 14.0. The zero-order valence-electron chi connectivity index (χ0n) is 18.2. The third-order valence-electron chi connectivity index (χ3n) is 5.03. The Morgan fingerprint density at radius 2 is 1.97 bits per heavy atom. The van der Waals surface area contributed by atoms with Crippen molar-refractivity contribution in [3.63, 3.8) is 0 Å². The molecule has 1 aromatic carbocycles. The third-order valence-corrected chi connectivity index (χ3v) is 5.03. The Balaban J connectivity index is 0.00000420. The molecule has 1 saturated heterocycles. The van der Waals surface area contributed by atoms with Crippen molar-refractivity contribution < 1.29 is 9.53 Å². The van der Waals surface area contributed by atoms with Gasteiger partial charge in [-0.2, -0.15) is 0 Å². The van der Waals surface area contributed by atoms with Gasteiger partial charge in [0.15, 0.2) is 5.96 Å². The Morgan fingerprint density at radius 3 is 2.55 bits per heavy atom. The Bertz CT molecular complexity index is 626. The molecule has 0 aromatic heterocycles. The van der Waals surface area contributed by atoms with Gasteiger partial charge in [-0.15, -0.1) is 24.0 Å². The van der Waals surface area contributed by atoms with Gasteiger partial charge in [0.25, 0.3) is 0 Å². The lowest BCUT2D eigenvalue weighted by atomic mass is 10.0. The van der Waals surface area contributed by atoms with Crippen molar-refractivity contribution in [1.29, 1.82) is 0 Å². The highest BCUT2D eigenvalue weighted by Crippen LogP contribution is 2.15. The number of carbonyl (C=O) groups excluding carboxylic acids is 1. The van der Waals surface area contributed by atoms with Crippen LogP contribution in [0.15, 0.2) is 29.3 Å². The quantitative estimate of drug-likeness (QED) is 0.229. The molecule has 1 fully saturated rings. The fraction of sp³-hybridized carbons (Fsp3) is 0.636. The van der Waals surface area contributed by atoms with Crippen LogP contribution >= 0.6 is 24.0 Å². The average Bonchev–Trinajstić information content (AvgIpc) is 3.20. The number of carbonyl (C=O) groups is 1. The molecule has 7 heteroatoms. The first kappa shape index (κ1) is 25.7. The number of guanidine groups is 1. The van der Waals surface area contributed by atoms with Gasteiger partial charge < -0.3 is 20.3 Å². The van der Waals surface area contributed by atoms with E-state index in [1.165, 1.54) is 11.1 Å². The normalized spacial score (nSPS) is 16.4. The van der Waals surface area contributed by atoms with Gasteiger partial charge in [0, 0.05) is 39.7 Å². The van der Waals surface area contributed by atoms with Crippen LogP contribution in [0, 0.1) is 5.92 Å². The summed E-state index contributed by atoms with van der Waals surface area (Å²) >= 11 is 0. The average molecular weight is 516 g/mol. The van der Waals surface area contributed by atoms with Crippen molar-refractivity contribution >= 4 is 35.8 Å². The Kier molecular flexibility index (Phi) is 12.2. The highest BCUT2D eigenvalue weighted by Gasteiger charge is 2.16. The fourth-order valence-electron chi connectivity index (χ4n) is 3.02. The van der Waals surface area contributed by atoms with Crippen LogP contribution in [-0.2, 0) is 16.0 Å². The Labute approximate surface area is 192 Å². The summed E-state index contributed by atoms with van der Waals surface area (Å²) in [6.45, 7) is 7.84. The van der Waals surface area contributed by atoms with E-state index in [1.807, 2.05) is 0 Å². The van der Waals surface area contributed by atoms with Crippen LogP contribution in [0.3, 0.4) is 0 Å². The SMILES string of the molecule is CC(C)c1ccc(CCCNC(=NCC(=O)N(C)C)NCC2CCOC2)cc1.I. The largest absolute Gasteiger partial charge is 0.381 e. The van der Waals surface area contributed by atoms with Gasteiger partial charge in [-0.25, -0.2) is 4.99 Å². The van der Waals surface area contributed by atoms with Gasteiger partial charge in [-0.05, 0) is 36.3 Å². The number of rotatable bonds is 9. The van der Waals surface area contributed by atoms with Crippen LogP contribution in [0.1, 0.15) is 43.7 Å². The lowest BCUT2D eigenvalue weighted by Gasteiger charge is -2.16. The van der Waals surface area contributed by atoms with Crippen LogP contribution in [-0.4, -0.2) is 63.7 Å². The van der Waals surface area contributed by atoms with Gasteiger partial charge in [0.05, 0.1) is 6.61 Å². The molecule has 0 saturated carbocycles. The molecule has 6 nitrogen and oxygen atoms in total. The fourth-order valence-corrected chi connectivity index (χ4v) is 3.02. The molecular weight excluding hydrogens is 479 g/mol. The maximum atomic E-state index is 11.8. The van der Waals surface area contributed by atoms with E-state index >= 15 is 0 Å². The minimum atomic E-state index is -0.00413. The lowest BCUT2D eigenvalue weighted by Crippen LogP contribution is -2.41. The van der Waals surface area contributed by atoms with E-state index < -0.39 is 0 Å². The Morgan fingerprint density at radius 1 is 1.24 bits per heavy atom. The number of hydrogen-bond donors (Lipinski definition) is 2. The van der Waals surface area contributed by atoms with E-state index in [0.717, 1.165) is 45.6 Å². The van der Waals surface area contributed by atoms with Crippen molar-refractivity contribution in [2.75, 3.05) is 46.9 Å². The summed E-state index contributed by atoms with van der Waals surface area (Å²) in [5.74, 6) is 1.78. The molecule has 1 amide bonds. The summed E-state index contributed by atoms with van der Waals surface area (Å²) in [5.41, 5.74) is 2.73. The molecule has 0 aliphatic carbocycles. The molecule has 1 atom stereocenters. The van der Waals surface area contributed by atoms with E-state index in [-0.39, 0.29) is 36.4 Å². The maximum absolute atomic E-state index is 11.8. The minimum Gasteiger partial charge on any atom is -0.381 e. The number of hydrogen-bond acceptors (Lipinski definition) is 3. The molecule has 0 bridgehead atoms. The third kappa shape index (κ3) is 9.80. The first-order valence-electron chi connectivity index (χ1n) is 10.3. The molecule has 2 rings (SSSR count). The van der Waals surface area contributed by atoms with Crippen LogP contribution in [0.25, 0.3) is 0 Å². The molecule has 2 N–H and O–H groups in total. The van der Waals surface area contributed by atoms with E-state index in [9.17, 15) is 4.79 Å². The van der Waals surface area contributed by atoms with Crippen molar-refractivity contribution in [3.8, 4) is 0 Å². The number of aryl methyl sites for hydroxylation is 1. The molecule has 1 aromatic rings. The first-order chi connectivity index (χ1) is 13.5. The molecule has 1 unspecified atom stereocenters. The van der Waals surface area contributed by atoms with Crippen LogP contribution in [0.2, 0.25) is 0 Å². The van der Waals surface area contributed by atoms with Crippen molar-refractivity contribution in [1.82, 2.24) is 15.5 Å². The van der Waals surface area contributed by atoms with Crippen molar-refractivity contribution in [3.05, 3.63) is 35.4 Å². The van der Waals surface area contributed by atoms with E-state index in [1.54, 1.807) is 19.0 Å². The maximum Gasteiger partial charge on any atom is 0.243 e. The number of ether oxygens (including phenoxy) is 1. The standard InChI is InChI=1S/C22H36N4O2.HI/c1-17(2)20-9-7-18(8-10-20)6-5-12-23-22(25-15-21(27)26(3)4)24-14-19-11-13-28-16-19;/h7-10,17,19H,5-6,11-16H2,1-4H3,(H2,23,24,25);1H. The van der Waals surface area contributed by atoms with E-state index in [4.69, 9.17) is 4.74 Å². The van der Waals surface area contributed by atoms with Crippen LogP contribution < -0.4 is 10.6 Å². The van der Waals surface area contributed by atoms with Gasteiger partial charge in [-0.3, -0.25) is 4.79 Å². The zero-order chi connectivity index (χ0) is 20.4. The Hall–Kier alpha value is -1.35. The number of halogens is 1. The summed E-state index contributed by atoms with van der Waals surface area (Å²) in [5, 5.41) is 6.73. The van der Waals surface area contributed by atoms with Gasteiger partial charge in [0.1, 0.15) is 6.54 Å². The smallest absolute Gasteiger partial charge is 0.243 e. The molecule has 0 radical (unpaired) electrons. The van der Waals surface area contributed by atoms with Gasteiger partial charge >= 0.3 is 0 Å². The number of likely N-dealkylation sites (N-methyl/N-ethyl adjacent to an activating group) is 1. The first-order valence-corrected chi connectivity index (χ1v) is 10.3. The summed E-state index contributed by atoms with van der Waals surface area (Å²) < 4.78 is 5.43. The second-order valence-electron chi connectivity index (χ2n) is 7.99. The van der Waals surface area contributed by atoms with Crippen LogP contribution in [0.4, 0.5) is 0 Å². The number of nitrogens with zero attached hydrogens (tertiary/aromatic N) is 2. The molecular formula is C22H37IN4O2. The second kappa shape index (κ2) is 13.8. The van der Waals surface area contributed by atoms with Crippen molar-refractivity contribution in [2.45, 2.75) is 39.0 Å². The summed E-state index contributed by atoms with van der Waals surface area (Å²) in [6, 6.07) is 8.88. The zero-order valence-corrected chi connectivity index (χ0v) is 20.6. The number of amides is 1. The molecule has 1 aliphatic heterocycles. The van der Waals surface area contributed by atoms with Crippen LogP contribution in [0.5, 0.6) is 0 Å². The molecule has 1 aliphatic rings. The van der Waals surface area contributed by atoms with E-state index in [0.29, 0.717) is 17.8 Å². The summed E-state index contributed by atoms with van der Waals surface area (Å²) in [4.78, 5) is 17.8. The van der Waals surface area contributed by atoms with Gasteiger partial charge in [0.2, 0.25) is 5.91 Å². The topological polar surface area (TPSA) is 66.0 Å². The molecule has 0 spiro atoms. The minimum absolute atomic E-state index is 0. The predicted molar refractivity (Wildman–Crippen MR) is 130 cm³/mol. The summed E-state index contributed by atoms with van der Waals surface area (Å²) in [6.07, 6.45) is 3.10. The molecule has 164 valence electrons. The van der Waals surface area contributed by atoms with Gasteiger partial charge in [-0.1, -0.05) is 38.1 Å². The lowest BCUT2D eigenvalue weighted by molar-refractivity contribution is -0.127. The predicted octanol–water partition coefficient (Wildman–Crippen LogP) is 3.02. The number of nitrogens with one attached hydrogen (secondary N) is 2. The summed E-state index contributed by atoms with van der Waals surface area (Å²) in [7, 11) is 3.50. The highest BCUT2D eigenvalue weighted by atomic mass is 127. The molecule has 29 heavy (non-hydrogen) atoms.